The minimum absolute atomic E-state index is 0.220. The van der Waals surface area contributed by atoms with E-state index in [4.69, 9.17) is 4.74 Å². The SMILES string of the molecule is CNC1=N[C@@H]2C[C@H](O)C(C(F)F)S[C@@H]2O1. The van der Waals surface area contributed by atoms with E-state index in [1.165, 1.54) is 0 Å². The minimum atomic E-state index is -2.53. The molecule has 2 rings (SSSR count). The summed E-state index contributed by atoms with van der Waals surface area (Å²) in [5.41, 5.74) is -0.394. The van der Waals surface area contributed by atoms with Crippen LogP contribution in [0.15, 0.2) is 4.99 Å². The van der Waals surface area contributed by atoms with E-state index < -0.39 is 23.2 Å². The second kappa shape index (κ2) is 4.13. The maximum atomic E-state index is 12.5. The van der Waals surface area contributed by atoms with E-state index in [0.717, 1.165) is 11.8 Å². The molecule has 86 valence electrons. The number of aliphatic hydroxyl groups excluding tert-OH is 1. The van der Waals surface area contributed by atoms with Crippen LogP contribution in [0.5, 0.6) is 0 Å². The van der Waals surface area contributed by atoms with Crippen molar-refractivity contribution >= 4 is 17.8 Å². The van der Waals surface area contributed by atoms with Crippen LogP contribution in [0.25, 0.3) is 0 Å². The molecule has 2 aliphatic heterocycles. The van der Waals surface area contributed by atoms with Crippen molar-refractivity contribution in [3.63, 3.8) is 0 Å². The van der Waals surface area contributed by atoms with E-state index in [2.05, 4.69) is 10.3 Å². The number of thioether (sulfide) groups is 1. The molecule has 7 heteroatoms. The molecule has 0 aliphatic carbocycles. The summed E-state index contributed by atoms with van der Waals surface area (Å²) in [5, 5.41) is 11.2. The van der Waals surface area contributed by atoms with Crippen LogP contribution in [0.4, 0.5) is 8.78 Å². The van der Waals surface area contributed by atoms with E-state index in [0.29, 0.717) is 6.02 Å². The van der Waals surface area contributed by atoms with Gasteiger partial charge >= 0.3 is 0 Å². The van der Waals surface area contributed by atoms with Crippen LogP contribution in [-0.4, -0.2) is 47.4 Å². The Labute approximate surface area is 90.1 Å². The molecule has 4 atom stereocenters. The number of halogens is 2. The van der Waals surface area contributed by atoms with Crippen LogP contribution in [0.3, 0.4) is 0 Å². The summed E-state index contributed by atoms with van der Waals surface area (Å²) in [6.07, 6.45) is -3.31. The number of nitrogens with one attached hydrogen (secondary N) is 1. The zero-order chi connectivity index (χ0) is 11.0. The lowest BCUT2D eigenvalue weighted by Gasteiger charge is -2.32. The number of nitrogens with zero attached hydrogens (tertiary/aromatic N) is 1. The van der Waals surface area contributed by atoms with Crippen LogP contribution >= 0.6 is 11.8 Å². The normalized spacial score (nSPS) is 39.7. The van der Waals surface area contributed by atoms with Crippen molar-refractivity contribution in [1.29, 1.82) is 0 Å². The van der Waals surface area contributed by atoms with Gasteiger partial charge in [0.05, 0.1) is 11.4 Å². The molecule has 1 saturated heterocycles. The first-order valence-electron chi connectivity index (χ1n) is 4.65. The number of amidine groups is 1. The van der Waals surface area contributed by atoms with Crippen LogP contribution in [0.1, 0.15) is 6.42 Å². The Morgan fingerprint density at radius 1 is 1.67 bits per heavy atom. The number of aliphatic hydroxyl groups is 1. The molecule has 0 spiro atoms. The van der Waals surface area contributed by atoms with Gasteiger partial charge in [0.25, 0.3) is 12.4 Å². The molecule has 1 unspecified atom stereocenters. The molecule has 0 amide bonds. The van der Waals surface area contributed by atoms with Gasteiger partial charge in [0.15, 0.2) is 5.44 Å². The monoisotopic (exact) mass is 238 g/mol. The second-order valence-corrected chi connectivity index (χ2v) is 4.76. The van der Waals surface area contributed by atoms with Gasteiger partial charge in [-0.05, 0) is 0 Å². The van der Waals surface area contributed by atoms with Gasteiger partial charge in [0.2, 0.25) is 0 Å². The third-order valence-corrected chi connectivity index (χ3v) is 3.95. The van der Waals surface area contributed by atoms with Gasteiger partial charge in [-0.25, -0.2) is 13.8 Å². The molecule has 2 heterocycles. The smallest absolute Gasteiger partial charge is 0.286 e. The Kier molecular flexibility index (Phi) is 3.01. The molecule has 0 aromatic heterocycles. The van der Waals surface area contributed by atoms with Crippen molar-refractivity contribution < 1.29 is 18.6 Å². The Morgan fingerprint density at radius 2 is 2.40 bits per heavy atom. The van der Waals surface area contributed by atoms with Gasteiger partial charge in [-0.15, -0.1) is 11.8 Å². The largest absolute Gasteiger partial charge is 0.449 e. The van der Waals surface area contributed by atoms with Crippen molar-refractivity contribution in [3.05, 3.63) is 0 Å². The average molecular weight is 238 g/mol. The van der Waals surface area contributed by atoms with Gasteiger partial charge in [0, 0.05) is 13.5 Å². The topological polar surface area (TPSA) is 53.9 Å². The van der Waals surface area contributed by atoms with Gasteiger partial charge < -0.3 is 15.2 Å². The lowest BCUT2D eigenvalue weighted by atomic mass is 10.1. The summed E-state index contributed by atoms with van der Waals surface area (Å²) in [6, 6.07) is 0.141. The van der Waals surface area contributed by atoms with Crippen molar-refractivity contribution in [3.8, 4) is 0 Å². The number of rotatable bonds is 1. The first-order valence-corrected chi connectivity index (χ1v) is 5.60. The number of aliphatic imine (C=N–C) groups is 1. The van der Waals surface area contributed by atoms with Crippen LogP contribution in [0, 0.1) is 0 Å². The summed E-state index contributed by atoms with van der Waals surface area (Å²) < 4.78 is 30.3. The number of alkyl halides is 2. The predicted molar refractivity (Wildman–Crippen MR) is 53.2 cm³/mol. The van der Waals surface area contributed by atoms with Gasteiger partial charge in [0.1, 0.15) is 6.04 Å². The lowest BCUT2D eigenvalue weighted by molar-refractivity contribution is 0.0510. The highest BCUT2D eigenvalue weighted by Crippen LogP contribution is 2.39. The summed E-state index contributed by atoms with van der Waals surface area (Å²) in [4.78, 5) is 4.13. The summed E-state index contributed by atoms with van der Waals surface area (Å²) in [5.74, 6) is 0. The zero-order valence-corrected chi connectivity index (χ0v) is 8.88. The maximum Gasteiger partial charge on any atom is 0.286 e. The van der Waals surface area contributed by atoms with Crippen molar-refractivity contribution in [1.82, 2.24) is 5.32 Å². The highest BCUT2D eigenvalue weighted by atomic mass is 32.2. The van der Waals surface area contributed by atoms with Gasteiger partial charge in [-0.3, -0.25) is 0 Å². The number of ether oxygens (including phenoxy) is 1. The Hall–Kier alpha value is -0.560. The van der Waals surface area contributed by atoms with E-state index in [1.807, 2.05) is 0 Å². The Bertz CT molecular complexity index is 277. The van der Waals surface area contributed by atoms with E-state index in [1.54, 1.807) is 7.05 Å². The highest BCUT2D eigenvalue weighted by molar-refractivity contribution is 8.00. The zero-order valence-electron chi connectivity index (χ0n) is 8.06. The molecule has 0 saturated carbocycles. The standard InChI is InChI=1S/C8H12F2N2O2S/c1-11-8-12-3-2-4(13)5(6(9)10)15-7(3)14-8/h3-7,13H,2H2,1H3,(H,11,12)/t3-,4+,5?,7+/m1/s1. The van der Waals surface area contributed by atoms with Crippen LogP contribution < -0.4 is 5.32 Å². The van der Waals surface area contributed by atoms with E-state index in [9.17, 15) is 13.9 Å². The molecule has 2 aliphatic rings. The summed E-state index contributed by atoms with van der Waals surface area (Å²) in [6.45, 7) is 0. The molecule has 0 aromatic rings. The van der Waals surface area contributed by atoms with Crippen molar-refractivity contribution in [2.24, 2.45) is 4.99 Å². The highest BCUT2D eigenvalue weighted by Gasteiger charge is 2.45. The average Bonchev–Trinajstić information content (AvgIpc) is 2.58. The fraction of sp³-hybridized carbons (Fsp3) is 0.875. The molecule has 0 bridgehead atoms. The maximum absolute atomic E-state index is 12.5. The van der Waals surface area contributed by atoms with E-state index in [-0.39, 0.29) is 12.5 Å². The Balaban J connectivity index is 2.03. The van der Waals surface area contributed by atoms with Gasteiger partial charge in [-0.2, -0.15) is 0 Å². The summed E-state index contributed by atoms with van der Waals surface area (Å²) >= 11 is 0.961. The fourth-order valence-electron chi connectivity index (χ4n) is 1.69. The molecule has 0 aromatic carbocycles. The fourth-order valence-corrected chi connectivity index (χ4v) is 2.91. The molecular weight excluding hydrogens is 226 g/mol. The molecule has 4 nitrogen and oxygen atoms in total. The predicted octanol–water partition coefficient (Wildman–Crippen LogP) is 0.418. The number of hydrogen-bond donors (Lipinski definition) is 2. The minimum Gasteiger partial charge on any atom is -0.449 e. The van der Waals surface area contributed by atoms with Crippen molar-refractivity contribution in [2.45, 2.75) is 35.7 Å². The van der Waals surface area contributed by atoms with Crippen LogP contribution in [0.2, 0.25) is 0 Å². The molecule has 0 radical (unpaired) electrons. The second-order valence-electron chi connectivity index (χ2n) is 3.48. The third-order valence-electron chi connectivity index (χ3n) is 2.44. The first-order chi connectivity index (χ1) is 7.11. The summed E-state index contributed by atoms with van der Waals surface area (Å²) in [7, 11) is 1.65. The van der Waals surface area contributed by atoms with Crippen LogP contribution in [-0.2, 0) is 4.74 Å². The number of hydrogen-bond acceptors (Lipinski definition) is 5. The first kappa shape index (κ1) is 10.9. The quantitative estimate of drug-likeness (QED) is 0.695. The Morgan fingerprint density at radius 3 is 3.00 bits per heavy atom. The molecule has 15 heavy (non-hydrogen) atoms. The lowest BCUT2D eigenvalue weighted by Crippen LogP contribution is -2.42. The molecular formula is C8H12F2N2O2S. The van der Waals surface area contributed by atoms with Gasteiger partial charge in [-0.1, -0.05) is 0 Å². The third kappa shape index (κ3) is 2.03. The van der Waals surface area contributed by atoms with Crippen molar-refractivity contribution in [2.75, 3.05) is 7.05 Å². The molecule has 1 fully saturated rings. The number of fused-ring (bicyclic) bond motifs is 1. The van der Waals surface area contributed by atoms with E-state index >= 15 is 0 Å². The molecule has 2 N–H and O–H groups in total.